The summed E-state index contributed by atoms with van der Waals surface area (Å²) in [4.78, 5) is 4.47. The lowest BCUT2D eigenvalue weighted by atomic mass is 10.1. The molecular weight excluding hydrogens is 134 g/mol. The Hall–Kier alpha value is -0.330. The molecular formula is C10H21N. The van der Waals surface area contributed by atoms with Crippen LogP contribution in [0.2, 0.25) is 0 Å². The molecule has 1 heteroatoms. The van der Waals surface area contributed by atoms with Crippen molar-refractivity contribution < 1.29 is 0 Å². The van der Waals surface area contributed by atoms with Gasteiger partial charge in [0.25, 0.3) is 0 Å². The first-order valence-electron chi connectivity index (χ1n) is 4.66. The van der Waals surface area contributed by atoms with Gasteiger partial charge in [-0.1, -0.05) is 27.2 Å². The zero-order valence-electron chi connectivity index (χ0n) is 8.35. The molecule has 0 aromatic rings. The number of hydrogen-bond donors (Lipinski definition) is 0. The lowest BCUT2D eigenvalue weighted by molar-refractivity contribution is 0.678. The first-order valence-corrected chi connectivity index (χ1v) is 4.66. The van der Waals surface area contributed by atoms with Crippen LogP contribution >= 0.6 is 0 Å². The average Bonchev–Trinajstić information content (AvgIpc) is 1.86. The third-order valence-electron chi connectivity index (χ3n) is 1.60. The maximum atomic E-state index is 4.47. The minimum atomic E-state index is 0.750. The summed E-state index contributed by atoms with van der Waals surface area (Å²) in [6, 6.07) is 0. The fourth-order valence-electron chi connectivity index (χ4n) is 1.08. The van der Waals surface area contributed by atoms with Crippen molar-refractivity contribution in [3.63, 3.8) is 0 Å². The van der Waals surface area contributed by atoms with E-state index in [1.807, 2.05) is 0 Å². The maximum absolute atomic E-state index is 4.47. The highest BCUT2D eigenvalue weighted by Gasteiger charge is 1.95. The Morgan fingerprint density at radius 1 is 1.36 bits per heavy atom. The fourth-order valence-corrected chi connectivity index (χ4v) is 1.08. The van der Waals surface area contributed by atoms with E-state index in [9.17, 15) is 0 Å². The van der Waals surface area contributed by atoms with Crippen LogP contribution in [-0.4, -0.2) is 12.3 Å². The minimum Gasteiger partial charge on any atom is -0.294 e. The van der Waals surface area contributed by atoms with Crippen LogP contribution in [0.15, 0.2) is 4.99 Å². The van der Waals surface area contributed by atoms with Gasteiger partial charge >= 0.3 is 0 Å². The summed E-state index contributed by atoms with van der Waals surface area (Å²) in [5, 5.41) is 0. The molecule has 0 aliphatic carbocycles. The lowest BCUT2D eigenvalue weighted by Gasteiger charge is -2.03. The van der Waals surface area contributed by atoms with Crippen molar-refractivity contribution in [1.29, 1.82) is 0 Å². The summed E-state index contributed by atoms with van der Waals surface area (Å²) in [5.74, 6) is 0.750. The van der Waals surface area contributed by atoms with E-state index in [4.69, 9.17) is 0 Å². The van der Waals surface area contributed by atoms with E-state index in [1.165, 1.54) is 18.6 Å². The average molecular weight is 155 g/mol. The van der Waals surface area contributed by atoms with Crippen LogP contribution in [0, 0.1) is 5.92 Å². The molecule has 0 aromatic carbocycles. The molecule has 0 amide bonds. The second-order valence-electron chi connectivity index (χ2n) is 3.57. The molecule has 0 radical (unpaired) electrons. The topological polar surface area (TPSA) is 12.4 Å². The molecule has 0 rings (SSSR count). The predicted octanol–water partition coefficient (Wildman–Crippen LogP) is 3.29. The van der Waals surface area contributed by atoms with Gasteiger partial charge in [-0.2, -0.15) is 0 Å². The van der Waals surface area contributed by atoms with E-state index in [0.29, 0.717) is 0 Å². The van der Waals surface area contributed by atoms with E-state index < -0.39 is 0 Å². The molecule has 11 heavy (non-hydrogen) atoms. The van der Waals surface area contributed by atoms with Crippen molar-refractivity contribution in [3.8, 4) is 0 Å². The molecule has 0 unspecified atom stereocenters. The third kappa shape index (κ3) is 7.57. The molecule has 0 fully saturated rings. The minimum absolute atomic E-state index is 0.750. The van der Waals surface area contributed by atoms with E-state index in [0.717, 1.165) is 18.9 Å². The zero-order valence-corrected chi connectivity index (χ0v) is 8.35. The second kappa shape index (κ2) is 6.38. The van der Waals surface area contributed by atoms with E-state index in [1.54, 1.807) is 0 Å². The first-order chi connectivity index (χ1) is 5.16. The summed E-state index contributed by atoms with van der Waals surface area (Å²) < 4.78 is 0. The summed E-state index contributed by atoms with van der Waals surface area (Å²) in [7, 11) is 0. The number of hydrogen-bond acceptors (Lipinski definition) is 1. The molecule has 66 valence electrons. The molecule has 0 saturated heterocycles. The highest BCUT2D eigenvalue weighted by atomic mass is 14.7. The first kappa shape index (κ1) is 10.7. The monoisotopic (exact) mass is 155 g/mol. The highest BCUT2D eigenvalue weighted by Crippen LogP contribution is 2.01. The number of unbranched alkanes of at least 4 members (excludes halogenated alkanes) is 1. The zero-order chi connectivity index (χ0) is 8.69. The summed E-state index contributed by atoms with van der Waals surface area (Å²) in [5.41, 5.74) is 1.31. The summed E-state index contributed by atoms with van der Waals surface area (Å²) in [6.07, 6.45) is 3.64. The van der Waals surface area contributed by atoms with Crippen molar-refractivity contribution >= 4 is 5.71 Å². The predicted molar refractivity (Wildman–Crippen MR) is 52.3 cm³/mol. The van der Waals surface area contributed by atoms with Crippen molar-refractivity contribution in [1.82, 2.24) is 0 Å². The molecule has 1 nitrogen and oxygen atoms in total. The Bertz CT molecular complexity index is 114. The van der Waals surface area contributed by atoms with E-state index >= 15 is 0 Å². The Morgan fingerprint density at radius 3 is 2.45 bits per heavy atom. The molecule has 0 aliphatic heterocycles. The molecule has 0 aliphatic rings. The largest absolute Gasteiger partial charge is 0.294 e. The lowest BCUT2D eigenvalue weighted by Crippen LogP contribution is -1.99. The van der Waals surface area contributed by atoms with Crippen LogP contribution in [-0.2, 0) is 0 Å². The van der Waals surface area contributed by atoms with Gasteiger partial charge in [0, 0.05) is 12.3 Å². The normalized spacial score (nSPS) is 12.6. The van der Waals surface area contributed by atoms with Crippen molar-refractivity contribution in [2.75, 3.05) is 6.54 Å². The third-order valence-corrected chi connectivity index (χ3v) is 1.60. The van der Waals surface area contributed by atoms with Gasteiger partial charge < -0.3 is 0 Å². The number of rotatable bonds is 5. The molecule has 0 heterocycles. The van der Waals surface area contributed by atoms with Crippen LogP contribution in [0.4, 0.5) is 0 Å². The van der Waals surface area contributed by atoms with Crippen molar-refractivity contribution in [3.05, 3.63) is 0 Å². The Labute approximate surface area is 70.9 Å². The molecule has 0 N–H and O–H groups in total. The van der Waals surface area contributed by atoms with E-state index in [2.05, 4.69) is 32.7 Å². The van der Waals surface area contributed by atoms with Crippen LogP contribution in [0.5, 0.6) is 0 Å². The van der Waals surface area contributed by atoms with Gasteiger partial charge in [0.1, 0.15) is 0 Å². The second-order valence-corrected chi connectivity index (χ2v) is 3.57. The standard InChI is InChI=1S/C10H21N/c1-5-6-7-11-10(4)8-9(2)3/h9H,5-8H2,1-4H3. The van der Waals surface area contributed by atoms with Gasteiger partial charge in [0.15, 0.2) is 0 Å². The molecule has 0 atom stereocenters. The Kier molecular flexibility index (Phi) is 6.19. The SMILES string of the molecule is CCCCN=C(C)CC(C)C. The number of nitrogens with zero attached hydrogens (tertiary/aromatic N) is 1. The van der Waals surface area contributed by atoms with Gasteiger partial charge in [-0.15, -0.1) is 0 Å². The quantitative estimate of drug-likeness (QED) is 0.427. The van der Waals surface area contributed by atoms with E-state index in [-0.39, 0.29) is 0 Å². The molecule has 0 bridgehead atoms. The van der Waals surface area contributed by atoms with Gasteiger partial charge in [0.2, 0.25) is 0 Å². The van der Waals surface area contributed by atoms with Crippen LogP contribution in [0.25, 0.3) is 0 Å². The van der Waals surface area contributed by atoms with Crippen LogP contribution < -0.4 is 0 Å². The summed E-state index contributed by atoms with van der Waals surface area (Å²) >= 11 is 0. The van der Waals surface area contributed by atoms with Gasteiger partial charge in [-0.25, -0.2) is 0 Å². The van der Waals surface area contributed by atoms with Gasteiger partial charge in [0.05, 0.1) is 0 Å². The maximum Gasteiger partial charge on any atom is 0.0388 e. The summed E-state index contributed by atoms with van der Waals surface area (Å²) in [6.45, 7) is 9.83. The van der Waals surface area contributed by atoms with Crippen LogP contribution in [0.3, 0.4) is 0 Å². The van der Waals surface area contributed by atoms with Crippen LogP contribution in [0.1, 0.15) is 47.0 Å². The molecule has 0 spiro atoms. The highest BCUT2D eigenvalue weighted by molar-refractivity contribution is 5.81. The number of aliphatic imine (C=N–C) groups is 1. The molecule has 0 saturated carbocycles. The molecule has 0 aromatic heterocycles. The van der Waals surface area contributed by atoms with Gasteiger partial charge in [-0.05, 0) is 25.7 Å². The van der Waals surface area contributed by atoms with Crippen molar-refractivity contribution in [2.24, 2.45) is 10.9 Å². The van der Waals surface area contributed by atoms with Crippen molar-refractivity contribution in [2.45, 2.75) is 47.0 Å². The Balaban J connectivity index is 3.46. The smallest absolute Gasteiger partial charge is 0.0388 e. The van der Waals surface area contributed by atoms with Gasteiger partial charge in [-0.3, -0.25) is 4.99 Å². The fraction of sp³-hybridized carbons (Fsp3) is 0.900. The Morgan fingerprint density at radius 2 is 2.00 bits per heavy atom.